The molecule has 0 saturated carbocycles. The van der Waals surface area contributed by atoms with Crippen molar-refractivity contribution in [3.63, 3.8) is 0 Å². The van der Waals surface area contributed by atoms with Crippen LogP contribution < -0.4 is 4.31 Å². The lowest BCUT2D eigenvalue weighted by atomic mass is 9.96. The van der Waals surface area contributed by atoms with Crippen LogP contribution in [-0.4, -0.2) is 56.6 Å². The minimum absolute atomic E-state index is 0.181. The fraction of sp³-hybridized carbons (Fsp3) is 0.526. The lowest BCUT2D eigenvalue weighted by Gasteiger charge is -2.31. The number of likely N-dealkylation sites (tertiary alicyclic amines) is 1. The normalized spacial score (nSPS) is 22.4. The van der Waals surface area contributed by atoms with Crippen LogP contribution in [0.25, 0.3) is 0 Å². The molecule has 2 aliphatic rings. The maximum absolute atomic E-state index is 12.7. The Morgan fingerprint density at radius 3 is 2.25 bits per heavy atom. The minimum atomic E-state index is -3.67. The van der Waals surface area contributed by atoms with Crippen LogP contribution in [0.5, 0.6) is 0 Å². The van der Waals surface area contributed by atoms with E-state index >= 15 is 0 Å². The predicted octanol–water partition coefficient (Wildman–Crippen LogP) is 1.41. The first-order chi connectivity index (χ1) is 13.2. The van der Waals surface area contributed by atoms with E-state index in [-0.39, 0.29) is 29.2 Å². The molecule has 152 valence electrons. The molecule has 0 spiro atoms. The number of esters is 1. The topological polar surface area (TPSA) is 101 Å². The van der Waals surface area contributed by atoms with Crippen LogP contribution in [0.4, 0.5) is 5.69 Å². The van der Waals surface area contributed by atoms with E-state index in [1.165, 1.54) is 24.3 Å². The first-order valence-electron chi connectivity index (χ1n) is 9.37. The summed E-state index contributed by atoms with van der Waals surface area (Å²) in [7, 11) is -3.67. The Bertz CT molecular complexity index is 872. The molecule has 9 heteroatoms. The molecule has 0 radical (unpaired) electrons. The highest BCUT2D eigenvalue weighted by molar-refractivity contribution is 7.94. The van der Waals surface area contributed by atoms with Crippen LogP contribution in [0.2, 0.25) is 0 Å². The Kier molecular flexibility index (Phi) is 5.74. The smallest absolute Gasteiger partial charge is 0.309 e. The number of hydrogen-bond acceptors (Lipinski definition) is 6. The molecule has 3 rings (SSSR count). The first kappa shape index (κ1) is 20.3. The van der Waals surface area contributed by atoms with Gasteiger partial charge >= 0.3 is 5.97 Å². The van der Waals surface area contributed by atoms with Crippen molar-refractivity contribution in [2.45, 2.75) is 26.7 Å². The maximum Gasteiger partial charge on any atom is 0.309 e. The van der Waals surface area contributed by atoms with Gasteiger partial charge in [0, 0.05) is 18.7 Å². The number of ether oxygens (including phenoxy) is 1. The van der Waals surface area contributed by atoms with Crippen molar-refractivity contribution >= 4 is 33.5 Å². The Hall–Kier alpha value is -2.42. The van der Waals surface area contributed by atoms with Gasteiger partial charge in [0.2, 0.25) is 15.9 Å². The lowest BCUT2D eigenvalue weighted by molar-refractivity contribution is -0.149. The van der Waals surface area contributed by atoms with Crippen LogP contribution >= 0.6 is 0 Å². The Balaban J connectivity index is 1.67. The number of nitrogens with zero attached hydrogens (tertiary/aromatic N) is 2. The number of amides is 2. The third kappa shape index (κ3) is 3.89. The summed E-state index contributed by atoms with van der Waals surface area (Å²) in [4.78, 5) is 38.3. The zero-order chi connectivity index (χ0) is 20.5. The quantitative estimate of drug-likeness (QED) is 0.699. The third-order valence-electron chi connectivity index (χ3n) is 5.11. The average Bonchev–Trinajstić information content (AvgIpc) is 2.88. The third-order valence-corrected chi connectivity index (χ3v) is 6.98. The highest BCUT2D eigenvalue weighted by Gasteiger charge is 2.42. The zero-order valence-corrected chi connectivity index (χ0v) is 16.8. The second kappa shape index (κ2) is 7.90. The van der Waals surface area contributed by atoms with Gasteiger partial charge in [-0.2, -0.15) is 0 Å². The summed E-state index contributed by atoms with van der Waals surface area (Å²) in [5.41, 5.74) is 0.655. The Labute approximate surface area is 164 Å². The standard InChI is InChI=1S/C19H24N2O6S/c1-3-27-19(24)15-8-10-20(11-9-15)18(23)14-4-6-16(7-5-14)21-17(22)13(2)12-28(21,25)26/h4-7,13,15H,3,8-12H2,1-2H3/t13-/m1/s1. The van der Waals surface area contributed by atoms with Gasteiger partial charge in [-0.1, -0.05) is 6.92 Å². The number of anilines is 1. The van der Waals surface area contributed by atoms with E-state index in [4.69, 9.17) is 4.74 Å². The number of carbonyl (C=O) groups is 3. The van der Waals surface area contributed by atoms with Gasteiger partial charge in [0.15, 0.2) is 0 Å². The molecule has 2 fully saturated rings. The summed E-state index contributed by atoms with van der Waals surface area (Å²) in [5, 5.41) is 0. The molecule has 0 N–H and O–H groups in total. The number of carbonyl (C=O) groups excluding carboxylic acids is 3. The van der Waals surface area contributed by atoms with Crippen LogP contribution in [0.15, 0.2) is 24.3 Å². The monoisotopic (exact) mass is 408 g/mol. The molecule has 0 bridgehead atoms. The van der Waals surface area contributed by atoms with E-state index in [1.54, 1.807) is 18.7 Å². The number of rotatable bonds is 4. The number of piperidine rings is 1. The Morgan fingerprint density at radius 1 is 1.14 bits per heavy atom. The molecule has 2 amide bonds. The molecule has 2 aliphatic heterocycles. The predicted molar refractivity (Wildman–Crippen MR) is 102 cm³/mol. The molecule has 1 aromatic rings. The minimum Gasteiger partial charge on any atom is -0.466 e. The SMILES string of the molecule is CCOC(=O)C1CCN(C(=O)c2ccc(N3C(=O)[C@H](C)CS3(=O)=O)cc2)CC1. The van der Waals surface area contributed by atoms with Gasteiger partial charge in [0.1, 0.15) is 0 Å². The van der Waals surface area contributed by atoms with Crippen LogP contribution in [0, 0.1) is 11.8 Å². The molecule has 0 unspecified atom stereocenters. The van der Waals surface area contributed by atoms with Gasteiger partial charge in [-0.25, -0.2) is 12.7 Å². The molecule has 28 heavy (non-hydrogen) atoms. The molecule has 2 saturated heterocycles. The largest absolute Gasteiger partial charge is 0.466 e. The van der Waals surface area contributed by atoms with Crippen molar-refractivity contribution in [3.05, 3.63) is 29.8 Å². The fourth-order valence-corrected chi connectivity index (χ4v) is 5.41. The molecule has 1 atom stereocenters. The van der Waals surface area contributed by atoms with E-state index in [9.17, 15) is 22.8 Å². The fourth-order valence-electron chi connectivity index (χ4n) is 3.59. The van der Waals surface area contributed by atoms with Crippen molar-refractivity contribution in [1.82, 2.24) is 4.90 Å². The van der Waals surface area contributed by atoms with Gasteiger partial charge in [-0.15, -0.1) is 0 Å². The molecule has 1 aromatic carbocycles. The maximum atomic E-state index is 12.7. The van der Waals surface area contributed by atoms with Gasteiger partial charge < -0.3 is 9.64 Å². The molecular weight excluding hydrogens is 384 g/mol. The van der Waals surface area contributed by atoms with Gasteiger partial charge in [0.05, 0.1) is 29.9 Å². The lowest BCUT2D eigenvalue weighted by Crippen LogP contribution is -2.40. The van der Waals surface area contributed by atoms with Gasteiger partial charge in [-0.3, -0.25) is 14.4 Å². The zero-order valence-electron chi connectivity index (χ0n) is 16.0. The van der Waals surface area contributed by atoms with Crippen LogP contribution in [0.3, 0.4) is 0 Å². The van der Waals surface area contributed by atoms with Crippen molar-refractivity contribution < 1.29 is 27.5 Å². The molecule has 0 aliphatic carbocycles. The van der Waals surface area contributed by atoms with Crippen molar-refractivity contribution in [1.29, 1.82) is 0 Å². The van der Waals surface area contributed by atoms with E-state index in [0.717, 1.165) is 4.31 Å². The first-order valence-corrected chi connectivity index (χ1v) is 11.0. The van der Waals surface area contributed by atoms with E-state index < -0.39 is 21.8 Å². The molecular formula is C19H24N2O6S. The average molecular weight is 408 g/mol. The summed E-state index contributed by atoms with van der Waals surface area (Å²) >= 11 is 0. The van der Waals surface area contributed by atoms with Crippen molar-refractivity contribution in [2.24, 2.45) is 11.8 Å². The van der Waals surface area contributed by atoms with E-state index in [2.05, 4.69) is 0 Å². The number of sulfonamides is 1. The summed E-state index contributed by atoms with van der Waals surface area (Å²) in [6.07, 6.45) is 1.11. The van der Waals surface area contributed by atoms with Crippen LogP contribution in [0.1, 0.15) is 37.0 Å². The summed E-state index contributed by atoms with van der Waals surface area (Å²) in [6.45, 7) is 4.61. The molecule has 2 heterocycles. The van der Waals surface area contributed by atoms with E-state index in [0.29, 0.717) is 38.1 Å². The highest BCUT2D eigenvalue weighted by Crippen LogP contribution is 2.29. The summed E-state index contributed by atoms with van der Waals surface area (Å²) in [6, 6.07) is 6.01. The summed E-state index contributed by atoms with van der Waals surface area (Å²) < 4.78 is 30.2. The highest BCUT2D eigenvalue weighted by atomic mass is 32.2. The van der Waals surface area contributed by atoms with Crippen molar-refractivity contribution in [3.8, 4) is 0 Å². The van der Waals surface area contributed by atoms with Gasteiger partial charge in [-0.05, 0) is 44.0 Å². The second-order valence-electron chi connectivity index (χ2n) is 7.15. The second-order valence-corrected chi connectivity index (χ2v) is 9.01. The number of hydrogen-bond donors (Lipinski definition) is 0. The van der Waals surface area contributed by atoms with E-state index in [1.807, 2.05) is 0 Å². The molecule has 0 aromatic heterocycles. The molecule has 8 nitrogen and oxygen atoms in total. The van der Waals surface area contributed by atoms with Crippen molar-refractivity contribution in [2.75, 3.05) is 29.8 Å². The number of benzene rings is 1. The summed E-state index contributed by atoms with van der Waals surface area (Å²) in [5.74, 6) is -1.82. The van der Waals surface area contributed by atoms with Gasteiger partial charge in [0.25, 0.3) is 5.91 Å². The van der Waals surface area contributed by atoms with Crippen LogP contribution in [-0.2, 0) is 24.3 Å². The Morgan fingerprint density at radius 2 is 1.75 bits per heavy atom.